The van der Waals surface area contributed by atoms with Crippen molar-refractivity contribution < 1.29 is 13.9 Å². The number of nitriles is 1. The number of rotatable bonds is 4. The van der Waals surface area contributed by atoms with Gasteiger partial charge in [0.15, 0.2) is 0 Å². The van der Waals surface area contributed by atoms with Crippen molar-refractivity contribution in [3.05, 3.63) is 59.4 Å². The highest BCUT2D eigenvalue weighted by Gasteiger charge is 2.12. The fraction of sp³-hybridized carbons (Fsp3) is 0.125. The number of hydrogen-bond acceptors (Lipinski definition) is 3. The molecule has 2 aromatic carbocycles. The molecule has 0 aliphatic heterocycles. The first-order chi connectivity index (χ1) is 10.1. The lowest BCUT2D eigenvalue weighted by molar-refractivity contribution is 0.102. The monoisotopic (exact) mass is 284 g/mol. The molecule has 0 aliphatic carbocycles. The van der Waals surface area contributed by atoms with Gasteiger partial charge in [-0.05, 0) is 29.8 Å². The first-order valence-electron chi connectivity index (χ1n) is 6.25. The summed E-state index contributed by atoms with van der Waals surface area (Å²) in [5.41, 5.74) is 1.33. The summed E-state index contributed by atoms with van der Waals surface area (Å²) in [7, 11) is 1.43. The van der Waals surface area contributed by atoms with Crippen molar-refractivity contribution in [3.63, 3.8) is 0 Å². The number of nitrogens with zero attached hydrogens (tertiary/aromatic N) is 1. The van der Waals surface area contributed by atoms with Crippen molar-refractivity contribution >= 4 is 11.6 Å². The van der Waals surface area contributed by atoms with Gasteiger partial charge in [0.1, 0.15) is 11.6 Å². The van der Waals surface area contributed by atoms with Crippen LogP contribution in [0.15, 0.2) is 42.5 Å². The van der Waals surface area contributed by atoms with Crippen LogP contribution in [0.4, 0.5) is 10.1 Å². The highest BCUT2D eigenvalue weighted by molar-refractivity contribution is 6.04. The molecular formula is C16H13FN2O2. The lowest BCUT2D eigenvalue weighted by Crippen LogP contribution is -2.13. The molecule has 2 aromatic rings. The molecule has 0 saturated heterocycles. The average Bonchev–Trinajstić information content (AvgIpc) is 2.49. The van der Waals surface area contributed by atoms with Crippen LogP contribution in [-0.2, 0) is 6.42 Å². The Balaban J connectivity index is 2.12. The van der Waals surface area contributed by atoms with Crippen molar-refractivity contribution in [2.75, 3.05) is 12.4 Å². The van der Waals surface area contributed by atoms with Gasteiger partial charge in [-0.2, -0.15) is 5.26 Å². The molecule has 0 fully saturated rings. The third kappa shape index (κ3) is 3.57. The summed E-state index contributed by atoms with van der Waals surface area (Å²) in [6.07, 6.45) is 0.307. The van der Waals surface area contributed by atoms with E-state index in [0.717, 1.165) is 11.6 Å². The summed E-state index contributed by atoms with van der Waals surface area (Å²) in [6.45, 7) is 0. The van der Waals surface area contributed by atoms with Crippen LogP contribution in [0.2, 0.25) is 0 Å². The fourth-order valence-corrected chi connectivity index (χ4v) is 1.80. The van der Waals surface area contributed by atoms with E-state index in [2.05, 4.69) is 5.32 Å². The Bertz CT molecular complexity index is 690. The standard InChI is InChI=1S/C16H13FN2O2/c1-21-13-6-7-14(15(17)10-13)16(20)19-12-4-2-11(3-5-12)8-9-18/h2-7,10H,8H2,1H3,(H,19,20). The lowest BCUT2D eigenvalue weighted by Gasteiger charge is -2.08. The van der Waals surface area contributed by atoms with E-state index in [-0.39, 0.29) is 5.56 Å². The van der Waals surface area contributed by atoms with E-state index in [4.69, 9.17) is 10.00 Å². The molecule has 1 N–H and O–H groups in total. The topological polar surface area (TPSA) is 62.1 Å². The third-order valence-corrected chi connectivity index (χ3v) is 2.92. The van der Waals surface area contributed by atoms with Gasteiger partial charge in [0, 0.05) is 11.8 Å². The van der Waals surface area contributed by atoms with Crippen molar-refractivity contribution in [1.82, 2.24) is 0 Å². The Morgan fingerprint density at radius 2 is 2.00 bits per heavy atom. The second-order valence-electron chi connectivity index (χ2n) is 4.33. The number of nitrogens with one attached hydrogen (secondary N) is 1. The zero-order valence-corrected chi connectivity index (χ0v) is 11.4. The Morgan fingerprint density at radius 3 is 2.57 bits per heavy atom. The number of halogens is 1. The quantitative estimate of drug-likeness (QED) is 0.938. The molecule has 0 bridgehead atoms. The molecule has 0 aliphatic rings. The summed E-state index contributed by atoms with van der Waals surface area (Å²) in [6, 6.07) is 12.9. The summed E-state index contributed by atoms with van der Waals surface area (Å²) < 4.78 is 18.7. The highest BCUT2D eigenvalue weighted by Crippen LogP contribution is 2.18. The molecule has 0 aromatic heterocycles. The Morgan fingerprint density at radius 1 is 1.29 bits per heavy atom. The molecule has 0 heterocycles. The van der Waals surface area contributed by atoms with Gasteiger partial charge < -0.3 is 10.1 Å². The Labute approximate surface area is 121 Å². The van der Waals surface area contributed by atoms with Crippen molar-refractivity contribution in [3.8, 4) is 11.8 Å². The summed E-state index contributed by atoms with van der Waals surface area (Å²) >= 11 is 0. The van der Waals surface area contributed by atoms with Crippen LogP contribution in [0.5, 0.6) is 5.75 Å². The van der Waals surface area contributed by atoms with E-state index >= 15 is 0 Å². The largest absolute Gasteiger partial charge is 0.497 e. The molecule has 0 spiro atoms. The van der Waals surface area contributed by atoms with Crippen LogP contribution in [-0.4, -0.2) is 13.0 Å². The lowest BCUT2D eigenvalue weighted by atomic mass is 10.1. The molecule has 106 valence electrons. The van der Waals surface area contributed by atoms with Gasteiger partial charge in [0.05, 0.1) is 25.2 Å². The van der Waals surface area contributed by atoms with E-state index in [1.54, 1.807) is 24.3 Å². The molecule has 2 rings (SSSR count). The number of carbonyl (C=O) groups is 1. The van der Waals surface area contributed by atoms with Crippen molar-refractivity contribution in [2.45, 2.75) is 6.42 Å². The number of methoxy groups -OCH3 is 1. The second kappa shape index (κ2) is 6.53. The van der Waals surface area contributed by atoms with Crippen molar-refractivity contribution in [2.24, 2.45) is 0 Å². The maximum absolute atomic E-state index is 13.8. The molecular weight excluding hydrogens is 271 g/mol. The molecule has 21 heavy (non-hydrogen) atoms. The highest BCUT2D eigenvalue weighted by atomic mass is 19.1. The van der Waals surface area contributed by atoms with Gasteiger partial charge in [-0.15, -0.1) is 0 Å². The molecule has 0 unspecified atom stereocenters. The Hall–Kier alpha value is -2.87. The van der Waals surface area contributed by atoms with Gasteiger partial charge in [-0.3, -0.25) is 4.79 Å². The third-order valence-electron chi connectivity index (χ3n) is 2.92. The number of anilines is 1. The zero-order chi connectivity index (χ0) is 15.2. The summed E-state index contributed by atoms with van der Waals surface area (Å²) in [4.78, 5) is 12.0. The van der Waals surface area contributed by atoms with Crippen LogP contribution in [0.3, 0.4) is 0 Å². The first-order valence-corrected chi connectivity index (χ1v) is 6.25. The molecule has 0 radical (unpaired) electrons. The van der Waals surface area contributed by atoms with Crippen LogP contribution in [0.1, 0.15) is 15.9 Å². The predicted molar refractivity (Wildman–Crippen MR) is 76.7 cm³/mol. The molecule has 4 nitrogen and oxygen atoms in total. The number of carbonyl (C=O) groups excluding carboxylic acids is 1. The Kier molecular flexibility index (Phi) is 4.52. The van der Waals surface area contributed by atoms with E-state index in [1.807, 2.05) is 6.07 Å². The minimum absolute atomic E-state index is 0.0584. The van der Waals surface area contributed by atoms with Crippen LogP contribution in [0.25, 0.3) is 0 Å². The SMILES string of the molecule is COc1ccc(C(=O)Nc2ccc(CC#N)cc2)c(F)c1. The maximum atomic E-state index is 13.8. The van der Waals surface area contributed by atoms with Gasteiger partial charge in [0.25, 0.3) is 5.91 Å². The summed E-state index contributed by atoms with van der Waals surface area (Å²) in [5.74, 6) is -0.832. The molecule has 0 atom stereocenters. The predicted octanol–water partition coefficient (Wildman–Crippen LogP) is 3.15. The number of ether oxygens (including phenoxy) is 1. The average molecular weight is 284 g/mol. The van der Waals surface area contributed by atoms with Gasteiger partial charge in [-0.25, -0.2) is 4.39 Å². The molecule has 0 saturated carbocycles. The van der Waals surface area contributed by atoms with E-state index in [9.17, 15) is 9.18 Å². The van der Waals surface area contributed by atoms with E-state index in [0.29, 0.717) is 17.9 Å². The second-order valence-corrected chi connectivity index (χ2v) is 4.33. The van der Waals surface area contributed by atoms with E-state index < -0.39 is 11.7 Å². The van der Waals surface area contributed by atoms with Crippen molar-refractivity contribution in [1.29, 1.82) is 5.26 Å². The maximum Gasteiger partial charge on any atom is 0.258 e. The minimum atomic E-state index is -0.645. The number of amides is 1. The number of hydrogen-bond donors (Lipinski definition) is 1. The van der Waals surface area contributed by atoms with Crippen LogP contribution in [0, 0.1) is 17.1 Å². The van der Waals surface area contributed by atoms with Gasteiger partial charge in [-0.1, -0.05) is 12.1 Å². The van der Waals surface area contributed by atoms with Crippen LogP contribution >= 0.6 is 0 Å². The molecule has 1 amide bonds. The zero-order valence-electron chi connectivity index (χ0n) is 11.4. The van der Waals surface area contributed by atoms with Gasteiger partial charge >= 0.3 is 0 Å². The van der Waals surface area contributed by atoms with Gasteiger partial charge in [0.2, 0.25) is 0 Å². The number of benzene rings is 2. The molecule has 5 heteroatoms. The van der Waals surface area contributed by atoms with E-state index in [1.165, 1.54) is 19.2 Å². The summed E-state index contributed by atoms with van der Waals surface area (Å²) in [5, 5.41) is 11.2. The first kappa shape index (κ1) is 14.5. The fourth-order valence-electron chi connectivity index (χ4n) is 1.80. The van der Waals surface area contributed by atoms with Crippen LogP contribution < -0.4 is 10.1 Å². The normalized spacial score (nSPS) is 9.76. The smallest absolute Gasteiger partial charge is 0.258 e. The minimum Gasteiger partial charge on any atom is -0.497 e.